The highest BCUT2D eigenvalue weighted by molar-refractivity contribution is 7.18. The van der Waals surface area contributed by atoms with Crippen LogP contribution in [0.2, 0.25) is 0 Å². The molecule has 0 radical (unpaired) electrons. The number of hydrogen-bond donors (Lipinski definition) is 1. The number of imidazole rings is 1. The largest absolute Gasteiger partial charge is 0.493 e. The van der Waals surface area contributed by atoms with Crippen LogP contribution in [0.15, 0.2) is 24.5 Å². The molecule has 9 heteroatoms. The van der Waals surface area contributed by atoms with Crippen LogP contribution >= 0.6 is 11.3 Å². The fraction of sp³-hybridized carbons (Fsp3) is 0.312. The summed E-state index contributed by atoms with van der Waals surface area (Å²) in [6, 6.07) is 3.80. The number of nitrogens with one attached hydrogen (secondary N) is 1. The highest BCUT2D eigenvalue weighted by atomic mass is 32.1. The maximum absolute atomic E-state index is 5.37. The Morgan fingerprint density at radius 2 is 1.80 bits per heavy atom. The molecular weight excluding hydrogens is 342 g/mol. The van der Waals surface area contributed by atoms with E-state index >= 15 is 0 Å². The van der Waals surface area contributed by atoms with Crippen LogP contribution in [-0.2, 0) is 13.6 Å². The maximum atomic E-state index is 5.37. The van der Waals surface area contributed by atoms with E-state index in [1.54, 1.807) is 27.5 Å². The van der Waals surface area contributed by atoms with E-state index in [2.05, 4.69) is 20.5 Å². The number of aromatic nitrogens is 4. The van der Waals surface area contributed by atoms with Gasteiger partial charge in [-0.1, -0.05) is 11.3 Å². The first kappa shape index (κ1) is 17.0. The van der Waals surface area contributed by atoms with Crippen LogP contribution < -0.4 is 19.5 Å². The summed E-state index contributed by atoms with van der Waals surface area (Å²) in [7, 11) is 6.70. The van der Waals surface area contributed by atoms with Gasteiger partial charge in [-0.2, -0.15) is 0 Å². The number of ether oxygens (including phenoxy) is 3. The van der Waals surface area contributed by atoms with Crippen molar-refractivity contribution in [3.05, 3.63) is 30.1 Å². The van der Waals surface area contributed by atoms with Crippen molar-refractivity contribution in [1.29, 1.82) is 0 Å². The van der Waals surface area contributed by atoms with Gasteiger partial charge in [-0.25, -0.2) is 4.98 Å². The lowest BCUT2D eigenvalue weighted by molar-refractivity contribution is 0.324. The summed E-state index contributed by atoms with van der Waals surface area (Å²) in [6.45, 7) is 0.548. The highest BCUT2D eigenvalue weighted by Crippen LogP contribution is 2.38. The van der Waals surface area contributed by atoms with Crippen molar-refractivity contribution in [2.45, 2.75) is 6.54 Å². The van der Waals surface area contributed by atoms with E-state index in [1.165, 1.54) is 11.3 Å². The molecule has 0 unspecified atom stereocenters. The average molecular weight is 361 g/mol. The molecule has 2 aromatic heterocycles. The first-order chi connectivity index (χ1) is 12.2. The maximum Gasteiger partial charge on any atom is 0.206 e. The van der Waals surface area contributed by atoms with E-state index in [-0.39, 0.29) is 0 Å². The quantitative estimate of drug-likeness (QED) is 0.692. The molecule has 0 aliphatic carbocycles. The van der Waals surface area contributed by atoms with Gasteiger partial charge in [-0.15, -0.1) is 10.2 Å². The van der Waals surface area contributed by atoms with E-state index < -0.39 is 0 Å². The number of methoxy groups -OCH3 is 3. The lowest BCUT2D eigenvalue weighted by Crippen LogP contribution is -2.02. The normalized spacial score (nSPS) is 10.6. The van der Waals surface area contributed by atoms with E-state index in [0.29, 0.717) is 28.9 Å². The van der Waals surface area contributed by atoms with E-state index in [9.17, 15) is 0 Å². The molecule has 0 aliphatic heterocycles. The summed E-state index contributed by atoms with van der Waals surface area (Å²) >= 11 is 1.45. The Kier molecular flexibility index (Phi) is 5.03. The average Bonchev–Trinajstić information content (AvgIpc) is 3.27. The number of aryl methyl sites for hydroxylation is 1. The van der Waals surface area contributed by atoms with Gasteiger partial charge >= 0.3 is 0 Å². The summed E-state index contributed by atoms with van der Waals surface area (Å²) in [5.74, 6) is 2.59. The molecule has 2 heterocycles. The molecule has 1 N–H and O–H groups in total. The summed E-state index contributed by atoms with van der Waals surface area (Å²) in [5, 5.41) is 13.1. The first-order valence-electron chi connectivity index (χ1n) is 7.50. The molecule has 1 aromatic carbocycles. The molecule has 0 bridgehead atoms. The van der Waals surface area contributed by atoms with Gasteiger partial charge in [0.25, 0.3) is 0 Å². The first-order valence-corrected chi connectivity index (χ1v) is 8.32. The number of nitrogens with zero attached hydrogens (tertiary/aromatic N) is 4. The van der Waals surface area contributed by atoms with Crippen LogP contribution in [0.5, 0.6) is 17.2 Å². The van der Waals surface area contributed by atoms with Gasteiger partial charge in [0, 0.05) is 26.0 Å². The Labute approximate surface area is 149 Å². The van der Waals surface area contributed by atoms with Crippen molar-refractivity contribution in [3.8, 4) is 28.1 Å². The molecule has 0 spiro atoms. The van der Waals surface area contributed by atoms with Gasteiger partial charge in [0.2, 0.25) is 10.9 Å². The molecule has 8 nitrogen and oxygen atoms in total. The van der Waals surface area contributed by atoms with Crippen LogP contribution in [-0.4, -0.2) is 41.1 Å². The monoisotopic (exact) mass is 361 g/mol. The molecule has 0 saturated carbocycles. The van der Waals surface area contributed by atoms with Gasteiger partial charge in [0.05, 0.1) is 21.3 Å². The smallest absolute Gasteiger partial charge is 0.206 e. The fourth-order valence-electron chi connectivity index (χ4n) is 2.37. The second-order valence-electron chi connectivity index (χ2n) is 5.16. The zero-order valence-corrected chi connectivity index (χ0v) is 15.3. The summed E-state index contributed by atoms with van der Waals surface area (Å²) in [6.07, 6.45) is 3.61. The van der Waals surface area contributed by atoms with Gasteiger partial charge < -0.3 is 24.1 Å². The van der Waals surface area contributed by atoms with Gasteiger partial charge in [0.1, 0.15) is 0 Å². The molecule has 0 atom stereocenters. The lowest BCUT2D eigenvalue weighted by atomic mass is 10.2. The number of benzene rings is 1. The van der Waals surface area contributed by atoms with Crippen molar-refractivity contribution in [2.75, 3.05) is 26.6 Å². The van der Waals surface area contributed by atoms with E-state index in [4.69, 9.17) is 14.2 Å². The van der Waals surface area contributed by atoms with Crippen LogP contribution in [0.1, 0.15) is 5.56 Å². The van der Waals surface area contributed by atoms with E-state index in [1.807, 2.05) is 29.9 Å². The van der Waals surface area contributed by atoms with Gasteiger partial charge in [-0.3, -0.25) is 0 Å². The molecule has 0 saturated heterocycles. The van der Waals surface area contributed by atoms with Crippen LogP contribution in [0.3, 0.4) is 0 Å². The Balaban J connectivity index is 1.76. The summed E-state index contributed by atoms with van der Waals surface area (Å²) < 4.78 is 18.0. The topological polar surface area (TPSA) is 83.3 Å². The minimum Gasteiger partial charge on any atom is -0.493 e. The second kappa shape index (κ2) is 7.39. The highest BCUT2D eigenvalue weighted by Gasteiger charge is 2.14. The third-order valence-electron chi connectivity index (χ3n) is 3.61. The van der Waals surface area contributed by atoms with Crippen molar-refractivity contribution in [2.24, 2.45) is 7.05 Å². The predicted octanol–water partition coefficient (Wildman–Crippen LogP) is 2.58. The second-order valence-corrected chi connectivity index (χ2v) is 6.14. The van der Waals surface area contributed by atoms with Gasteiger partial charge in [-0.05, 0) is 17.7 Å². The molecule has 3 aromatic rings. The molecule has 132 valence electrons. The molecule has 25 heavy (non-hydrogen) atoms. The van der Waals surface area contributed by atoms with Crippen molar-refractivity contribution < 1.29 is 14.2 Å². The molecule has 0 fully saturated rings. The predicted molar refractivity (Wildman–Crippen MR) is 95.5 cm³/mol. The molecule has 0 amide bonds. The molecule has 0 aliphatic rings. The number of anilines is 1. The zero-order chi connectivity index (χ0) is 17.8. The van der Waals surface area contributed by atoms with Crippen LogP contribution in [0.25, 0.3) is 10.8 Å². The molecule has 3 rings (SSSR count). The number of hydrogen-bond acceptors (Lipinski definition) is 8. The standard InChI is InChI=1S/C16H19N5O3S/c1-21-6-5-17-14(21)15-19-20-16(25-15)18-9-10-7-11(22-2)13(24-4)12(8-10)23-3/h5-8H,9H2,1-4H3,(H,18,20). The Bertz CT molecular complexity index is 836. The Morgan fingerprint density at radius 3 is 2.36 bits per heavy atom. The minimum atomic E-state index is 0.548. The van der Waals surface area contributed by atoms with Crippen LogP contribution in [0.4, 0.5) is 5.13 Å². The zero-order valence-electron chi connectivity index (χ0n) is 14.4. The Morgan fingerprint density at radius 1 is 1.08 bits per heavy atom. The summed E-state index contributed by atoms with van der Waals surface area (Å²) in [4.78, 5) is 4.28. The molecular formula is C16H19N5O3S. The SMILES string of the molecule is COc1cc(CNc2nnc(-c3nccn3C)s2)cc(OC)c1OC. The van der Waals surface area contributed by atoms with Crippen LogP contribution in [0, 0.1) is 0 Å². The number of rotatable bonds is 7. The van der Waals surface area contributed by atoms with Crippen molar-refractivity contribution >= 4 is 16.5 Å². The van der Waals surface area contributed by atoms with Crippen molar-refractivity contribution in [3.63, 3.8) is 0 Å². The fourth-order valence-corrected chi connectivity index (χ4v) is 3.15. The van der Waals surface area contributed by atoms with Crippen molar-refractivity contribution in [1.82, 2.24) is 19.7 Å². The van der Waals surface area contributed by atoms with Gasteiger partial charge in [0.15, 0.2) is 22.3 Å². The summed E-state index contributed by atoms with van der Waals surface area (Å²) in [5.41, 5.74) is 0.975. The minimum absolute atomic E-state index is 0.548. The third-order valence-corrected chi connectivity index (χ3v) is 4.48. The lowest BCUT2D eigenvalue weighted by Gasteiger charge is -2.14. The van der Waals surface area contributed by atoms with E-state index in [0.717, 1.165) is 16.4 Å². The third kappa shape index (κ3) is 3.50. The Hall–Kier alpha value is -2.81.